The van der Waals surface area contributed by atoms with Crippen LogP contribution in [0.15, 0.2) is 24.3 Å². The van der Waals surface area contributed by atoms with E-state index in [9.17, 15) is 9.18 Å². The molecule has 0 bridgehead atoms. The van der Waals surface area contributed by atoms with Crippen LogP contribution in [0.3, 0.4) is 0 Å². The van der Waals surface area contributed by atoms with Gasteiger partial charge in [0.05, 0.1) is 18.6 Å². The van der Waals surface area contributed by atoms with Crippen molar-refractivity contribution in [2.24, 2.45) is 5.41 Å². The number of carbonyl (C=O) groups is 1. The second kappa shape index (κ2) is 8.26. The van der Waals surface area contributed by atoms with Crippen molar-refractivity contribution < 1.29 is 18.7 Å². The van der Waals surface area contributed by atoms with Crippen LogP contribution < -0.4 is 15.4 Å². The third-order valence-electron chi connectivity index (χ3n) is 4.16. The summed E-state index contributed by atoms with van der Waals surface area (Å²) in [7, 11) is 1.62. The van der Waals surface area contributed by atoms with Crippen LogP contribution in [0, 0.1) is 11.2 Å². The lowest BCUT2D eigenvalue weighted by Gasteiger charge is -2.35. The van der Waals surface area contributed by atoms with Crippen LogP contribution in [-0.4, -0.2) is 45.4 Å². The summed E-state index contributed by atoms with van der Waals surface area (Å²) in [6.45, 7) is 4.33. The van der Waals surface area contributed by atoms with Gasteiger partial charge in [0.1, 0.15) is 17.7 Å². The lowest BCUT2D eigenvalue weighted by molar-refractivity contribution is -0.136. The normalized spacial score (nSPS) is 18.2. The molecule has 1 aromatic carbocycles. The van der Waals surface area contributed by atoms with Crippen molar-refractivity contribution in [1.82, 2.24) is 10.6 Å². The zero-order chi connectivity index (χ0) is 16.7. The highest BCUT2D eigenvalue weighted by Crippen LogP contribution is 2.29. The number of nitrogens with one attached hydrogen (secondary N) is 2. The molecule has 1 aromatic rings. The fourth-order valence-electron chi connectivity index (χ4n) is 2.83. The third kappa shape index (κ3) is 4.91. The second-order valence-electron chi connectivity index (χ2n) is 6.06. The molecule has 1 saturated heterocycles. The average Bonchev–Trinajstić information content (AvgIpc) is 2.56. The lowest BCUT2D eigenvalue weighted by Crippen LogP contribution is -2.51. The van der Waals surface area contributed by atoms with Crippen molar-refractivity contribution in [2.75, 3.05) is 33.4 Å². The molecule has 1 unspecified atom stereocenters. The minimum Gasteiger partial charge on any atom is -0.489 e. The number of hydrogen-bond acceptors (Lipinski definition) is 4. The van der Waals surface area contributed by atoms with Gasteiger partial charge in [0.2, 0.25) is 5.91 Å². The summed E-state index contributed by atoms with van der Waals surface area (Å²) in [4.78, 5) is 12.6. The van der Waals surface area contributed by atoms with E-state index >= 15 is 0 Å². The molecule has 0 aromatic heterocycles. The van der Waals surface area contributed by atoms with E-state index in [1.165, 1.54) is 12.1 Å². The molecule has 6 heteroatoms. The topological polar surface area (TPSA) is 59.6 Å². The Bertz CT molecular complexity index is 496. The van der Waals surface area contributed by atoms with Crippen LogP contribution in [0.4, 0.5) is 4.39 Å². The van der Waals surface area contributed by atoms with E-state index in [0.29, 0.717) is 18.9 Å². The SMILES string of the molecule is COCC1(C(=O)NCC(C)Oc2ccc(F)cc2)CCNCC1. The summed E-state index contributed by atoms with van der Waals surface area (Å²) in [6, 6.07) is 5.85. The highest BCUT2D eigenvalue weighted by Gasteiger charge is 2.39. The number of rotatable bonds is 7. The minimum atomic E-state index is -0.463. The number of piperidine rings is 1. The fraction of sp³-hybridized carbons (Fsp3) is 0.588. The first-order valence-electron chi connectivity index (χ1n) is 7.96. The summed E-state index contributed by atoms with van der Waals surface area (Å²) in [6.07, 6.45) is 1.32. The summed E-state index contributed by atoms with van der Waals surface area (Å²) in [5.74, 6) is 0.294. The van der Waals surface area contributed by atoms with Crippen LogP contribution in [0.5, 0.6) is 5.75 Å². The molecule has 2 N–H and O–H groups in total. The molecule has 1 aliphatic rings. The Hall–Kier alpha value is -1.66. The maximum absolute atomic E-state index is 12.9. The van der Waals surface area contributed by atoms with E-state index in [1.54, 1.807) is 19.2 Å². The molecule has 0 aliphatic carbocycles. The smallest absolute Gasteiger partial charge is 0.228 e. The van der Waals surface area contributed by atoms with E-state index in [1.807, 2.05) is 6.92 Å². The van der Waals surface area contributed by atoms with Gasteiger partial charge in [-0.05, 0) is 57.1 Å². The van der Waals surface area contributed by atoms with E-state index in [2.05, 4.69) is 10.6 Å². The Labute approximate surface area is 136 Å². The van der Waals surface area contributed by atoms with Gasteiger partial charge in [-0.2, -0.15) is 0 Å². The Morgan fingerprint density at radius 3 is 2.61 bits per heavy atom. The number of amides is 1. The van der Waals surface area contributed by atoms with Crippen molar-refractivity contribution in [2.45, 2.75) is 25.9 Å². The first kappa shape index (κ1) is 17.7. The van der Waals surface area contributed by atoms with E-state index in [4.69, 9.17) is 9.47 Å². The fourth-order valence-corrected chi connectivity index (χ4v) is 2.83. The number of methoxy groups -OCH3 is 1. The van der Waals surface area contributed by atoms with Crippen LogP contribution >= 0.6 is 0 Å². The predicted octanol–water partition coefficient (Wildman–Crippen LogP) is 1.73. The summed E-state index contributed by atoms with van der Waals surface area (Å²) < 4.78 is 23.8. The Kier molecular flexibility index (Phi) is 6.36. The monoisotopic (exact) mass is 324 g/mol. The van der Waals surface area contributed by atoms with Gasteiger partial charge in [-0.15, -0.1) is 0 Å². The molecule has 1 atom stereocenters. The molecule has 0 radical (unpaired) electrons. The maximum Gasteiger partial charge on any atom is 0.228 e. The van der Waals surface area contributed by atoms with Gasteiger partial charge < -0.3 is 20.1 Å². The molecule has 1 fully saturated rings. The van der Waals surface area contributed by atoms with Gasteiger partial charge in [0.25, 0.3) is 0 Å². The molecule has 128 valence electrons. The van der Waals surface area contributed by atoms with Crippen LogP contribution in [0.2, 0.25) is 0 Å². The molecule has 23 heavy (non-hydrogen) atoms. The van der Waals surface area contributed by atoms with Gasteiger partial charge in [0, 0.05) is 7.11 Å². The number of ether oxygens (including phenoxy) is 2. The number of hydrogen-bond donors (Lipinski definition) is 2. The molecule has 1 amide bonds. The highest BCUT2D eigenvalue weighted by atomic mass is 19.1. The Balaban J connectivity index is 1.85. The molecule has 1 aliphatic heterocycles. The molecular formula is C17H25FN2O3. The molecule has 2 rings (SSSR count). The van der Waals surface area contributed by atoms with E-state index in [-0.39, 0.29) is 17.8 Å². The minimum absolute atomic E-state index is 0.00964. The standard InChI is InChI=1S/C17H25FN2O3/c1-13(23-15-5-3-14(18)4-6-15)11-20-16(21)17(12-22-2)7-9-19-10-8-17/h3-6,13,19H,7-12H2,1-2H3,(H,20,21). The largest absolute Gasteiger partial charge is 0.489 e. The van der Waals surface area contributed by atoms with Crippen LogP contribution in [-0.2, 0) is 9.53 Å². The van der Waals surface area contributed by atoms with E-state index < -0.39 is 5.41 Å². The van der Waals surface area contributed by atoms with Gasteiger partial charge in [-0.3, -0.25) is 4.79 Å². The quantitative estimate of drug-likeness (QED) is 0.802. The zero-order valence-electron chi connectivity index (χ0n) is 13.7. The van der Waals surface area contributed by atoms with Crippen molar-refractivity contribution >= 4 is 5.91 Å². The third-order valence-corrected chi connectivity index (χ3v) is 4.16. The number of halogens is 1. The zero-order valence-corrected chi connectivity index (χ0v) is 13.7. The van der Waals surface area contributed by atoms with E-state index in [0.717, 1.165) is 25.9 Å². The lowest BCUT2D eigenvalue weighted by atomic mass is 9.78. The molecule has 1 heterocycles. The predicted molar refractivity (Wildman–Crippen MR) is 85.9 cm³/mol. The van der Waals surface area contributed by atoms with Gasteiger partial charge in [0.15, 0.2) is 0 Å². The molecule has 0 spiro atoms. The molecule has 5 nitrogen and oxygen atoms in total. The summed E-state index contributed by atoms with van der Waals surface area (Å²) in [5, 5.41) is 6.23. The number of carbonyl (C=O) groups excluding carboxylic acids is 1. The molecule has 0 saturated carbocycles. The van der Waals surface area contributed by atoms with Crippen molar-refractivity contribution in [1.29, 1.82) is 0 Å². The first-order valence-corrected chi connectivity index (χ1v) is 7.96. The summed E-state index contributed by atoms with van der Waals surface area (Å²) >= 11 is 0. The Morgan fingerprint density at radius 1 is 1.35 bits per heavy atom. The van der Waals surface area contributed by atoms with Gasteiger partial charge in [-0.25, -0.2) is 4.39 Å². The van der Waals surface area contributed by atoms with Gasteiger partial charge >= 0.3 is 0 Å². The van der Waals surface area contributed by atoms with Crippen LogP contribution in [0.25, 0.3) is 0 Å². The van der Waals surface area contributed by atoms with Crippen LogP contribution in [0.1, 0.15) is 19.8 Å². The van der Waals surface area contributed by atoms with Crippen molar-refractivity contribution in [3.05, 3.63) is 30.1 Å². The average molecular weight is 324 g/mol. The highest BCUT2D eigenvalue weighted by molar-refractivity contribution is 5.83. The van der Waals surface area contributed by atoms with Crippen molar-refractivity contribution in [3.8, 4) is 5.75 Å². The summed E-state index contributed by atoms with van der Waals surface area (Å²) in [5.41, 5.74) is -0.463. The molecular weight excluding hydrogens is 299 g/mol. The Morgan fingerprint density at radius 2 is 2.00 bits per heavy atom. The second-order valence-corrected chi connectivity index (χ2v) is 6.06. The van der Waals surface area contributed by atoms with Gasteiger partial charge in [-0.1, -0.05) is 0 Å². The maximum atomic E-state index is 12.9. The first-order chi connectivity index (χ1) is 11.1. The number of benzene rings is 1. The van der Waals surface area contributed by atoms with Crippen molar-refractivity contribution in [3.63, 3.8) is 0 Å².